The average molecular weight is 609 g/mol. The smallest absolute Gasteiger partial charge is 0.0621 e. The van der Waals surface area contributed by atoms with E-state index in [0.717, 1.165) is 57.2 Å². The first-order valence-corrected chi connectivity index (χ1v) is 16.7. The maximum absolute atomic E-state index is 8.97. The zero-order chi connectivity index (χ0) is 34.5. The van der Waals surface area contributed by atoms with Crippen molar-refractivity contribution in [2.45, 2.75) is 39.0 Å². The second-order valence-corrected chi connectivity index (χ2v) is 12.5. The maximum atomic E-state index is 8.97. The Kier molecular flexibility index (Phi) is 6.44. The van der Waals surface area contributed by atoms with Gasteiger partial charge in [-0.2, -0.15) is 0 Å². The summed E-state index contributed by atoms with van der Waals surface area (Å²) >= 11 is 0. The number of para-hydroxylation sites is 1. The van der Waals surface area contributed by atoms with Crippen molar-refractivity contribution in [1.29, 1.82) is 0 Å². The summed E-state index contributed by atoms with van der Waals surface area (Å²) in [5.74, 6) is 0. The summed E-state index contributed by atoms with van der Waals surface area (Å²) in [7, 11) is 0. The molecule has 0 heterocycles. The van der Waals surface area contributed by atoms with E-state index < -0.39 is 6.85 Å². The second kappa shape index (κ2) is 11.8. The van der Waals surface area contributed by atoms with E-state index in [9.17, 15) is 0 Å². The van der Waals surface area contributed by atoms with Crippen LogP contribution < -0.4 is 4.90 Å². The number of rotatable bonds is 7. The molecule has 1 aliphatic rings. The van der Waals surface area contributed by atoms with Gasteiger partial charge >= 0.3 is 0 Å². The van der Waals surface area contributed by atoms with Gasteiger partial charge in [-0.25, -0.2) is 0 Å². The summed E-state index contributed by atoms with van der Waals surface area (Å²) in [6, 6.07) is 54.5. The molecule has 0 radical (unpaired) electrons. The standard InChI is InChI=1S/C46H39N/c1-4-46(5-2)41-27-17-16-26-40(41)44-42(46)31-34-20-12-13-25-39(34)45(44)47(36-21-10-7-11-22-36)43-29-28-35(30-32(43)3)38-24-15-14-23-37(38)33-18-8-6-9-19-33/h6-31H,4-5H2,1-3H3/i3D3. The quantitative estimate of drug-likeness (QED) is 0.174. The number of benzene rings is 7. The lowest BCUT2D eigenvalue weighted by Crippen LogP contribution is -2.23. The van der Waals surface area contributed by atoms with Crippen molar-refractivity contribution in [3.8, 4) is 33.4 Å². The molecule has 0 N–H and O–H groups in total. The molecule has 0 bridgehead atoms. The van der Waals surface area contributed by atoms with Crippen molar-refractivity contribution in [2.75, 3.05) is 4.90 Å². The normalized spacial score (nSPS) is 14.1. The fourth-order valence-electron chi connectivity index (χ4n) is 7.95. The van der Waals surface area contributed by atoms with Crippen molar-refractivity contribution in [3.63, 3.8) is 0 Å². The van der Waals surface area contributed by atoms with Crippen LogP contribution in [0.15, 0.2) is 158 Å². The zero-order valence-corrected chi connectivity index (χ0v) is 26.9. The zero-order valence-electron chi connectivity index (χ0n) is 29.9. The molecule has 7 aromatic carbocycles. The van der Waals surface area contributed by atoms with E-state index >= 15 is 0 Å². The van der Waals surface area contributed by atoms with Gasteiger partial charge in [-0.1, -0.05) is 141 Å². The minimum Gasteiger partial charge on any atom is -0.309 e. The number of aryl methyl sites for hydroxylation is 1. The van der Waals surface area contributed by atoms with E-state index in [1.807, 2.05) is 60.7 Å². The first-order chi connectivity index (χ1) is 24.4. The van der Waals surface area contributed by atoms with Gasteiger partial charge in [-0.15, -0.1) is 0 Å². The van der Waals surface area contributed by atoms with E-state index in [1.165, 1.54) is 22.3 Å². The number of fused-ring (bicyclic) bond motifs is 4. The summed E-state index contributed by atoms with van der Waals surface area (Å²) in [6.07, 6.45) is 1.93. The third-order valence-electron chi connectivity index (χ3n) is 10.3. The monoisotopic (exact) mass is 608 g/mol. The molecule has 47 heavy (non-hydrogen) atoms. The van der Waals surface area contributed by atoms with E-state index in [2.05, 4.69) is 116 Å². The van der Waals surface area contributed by atoms with Crippen LogP contribution in [0, 0.1) is 6.85 Å². The fraction of sp³-hybridized carbons (Fsp3) is 0.130. The Balaban J connectivity index is 1.46. The molecule has 1 heteroatoms. The largest absolute Gasteiger partial charge is 0.309 e. The Morgan fingerprint density at radius 2 is 1.17 bits per heavy atom. The van der Waals surface area contributed by atoms with E-state index in [-0.39, 0.29) is 5.41 Å². The van der Waals surface area contributed by atoms with Crippen LogP contribution in [0.1, 0.15) is 47.5 Å². The van der Waals surface area contributed by atoms with Crippen molar-refractivity contribution >= 4 is 27.8 Å². The first kappa shape index (κ1) is 25.8. The molecule has 1 nitrogen and oxygen atoms in total. The van der Waals surface area contributed by atoms with Gasteiger partial charge in [0.1, 0.15) is 0 Å². The van der Waals surface area contributed by atoms with E-state index in [0.29, 0.717) is 11.3 Å². The van der Waals surface area contributed by atoms with Crippen LogP contribution in [0.4, 0.5) is 17.1 Å². The van der Waals surface area contributed by atoms with Gasteiger partial charge in [0.25, 0.3) is 0 Å². The van der Waals surface area contributed by atoms with Crippen LogP contribution in [0.25, 0.3) is 44.2 Å². The molecule has 0 amide bonds. The topological polar surface area (TPSA) is 3.24 Å². The summed E-state index contributed by atoms with van der Waals surface area (Å²) < 4.78 is 26.9. The molecule has 1 aliphatic carbocycles. The Labute approximate surface area is 283 Å². The lowest BCUT2D eigenvalue weighted by Gasteiger charge is -2.33. The molecule has 0 aromatic heterocycles. The lowest BCUT2D eigenvalue weighted by molar-refractivity contribution is 0.491. The van der Waals surface area contributed by atoms with Gasteiger partial charge in [0.15, 0.2) is 0 Å². The van der Waals surface area contributed by atoms with Crippen LogP contribution in [0.3, 0.4) is 0 Å². The second-order valence-electron chi connectivity index (χ2n) is 12.5. The number of hydrogen-bond acceptors (Lipinski definition) is 1. The molecule has 0 saturated heterocycles. The Bertz CT molecular complexity index is 2340. The highest BCUT2D eigenvalue weighted by Gasteiger charge is 2.43. The first-order valence-electron chi connectivity index (χ1n) is 18.2. The van der Waals surface area contributed by atoms with Crippen molar-refractivity contribution in [2.24, 2.45) is 0 Å². The van der Waals surface area contributed by atoms with Gasteiger partial charge in [0.2, 0.25) is 0 Å². The van der Waals surface area contributed by atoms with Crippen LogP contribution >= 0.6 is 0 Å². The highest BCUT2D eigenvalue weighted by atomic mass is 15.1. The van der Waals surface area contributed by atoms with Gasteiger partial charge < -0.3 is 4.90 Å². The molecule has 0 atom stereocenters. The van der Waals surface area contributed by atoms with Crippen LogP contribution in [0.2, 0.25) is 0 Å². The van der Waals surface area contributed by atoms with Gasteiger partial charge in [-0.05, 0) is 99.9 Å². The van der Waals surface area contributed by atoms with Gasteiger partial charge in [0.05, 0.1) is 5.69 Å². The van der Waals surface area contributed by atoms with Crippen LogP contribution in [-0.2, 0) is 5.41 Å². The number of anilines is 3. The molecule has 8 rings (SSSR count). The van der Waals surface area contributed by atoms with E-state index in [1.54, 1.807) is 0 Å². The summed E-state index contributed by atoms with van der Waals surface area (Å²) in [4.78, 5) is 2.22. The molecule has 7 aromatic rings. The third kappa shape index (κ3) is 4.61. The summed E-state index contributed by atoms with van der Waals surface area (Å²) in [5, 5.41) is 2.23. The average Bonchev–Trinajstić information content (AvgIpc) is 3.44. The molecule has 0 unspecified atom stereocenters. The SMILES string of the molecule is [2H]C([2H])([2H])c1cc(-c2ccccc2-c2ccccc2)ccc1N(c1ccccc1)c1c2c(cc3ccccc13)C(CC)(CC)c1ccccc1-2. The number of nitrogens with zero attached hydrogens (tertiary/aromatic N) is 1. The van der Waals surface area contributed by atoms with Crippen molar-refractivity contribution in [3.05, 3.63) is 174 Å². The molecule has 228 valence electrons. The maximum Gasteiger partial charge on any atom is 0.0621 e. The van der Waals surface area contributed by atoms with Gasteiger partial charge in [-0.3, -0.25) is 0 Å². The van der Waals surface area contributed by atoms with Gasteiger partial charge in [0, 0.05) is 31.9 Å². The highest BCUT2D eigenvalue weighted by molar-refractivity contribution is 6.10. The predicted molar refractivity (Wildman–Crippen MR) is 201 cm³/mol. The minimum absolute atomic E-state index is 0.148. The van der Waals surface area contributed by atoms with Crippen molar-refractivity contribution < 1.29 is 4.11 Å². The summed E-state index contributed by atoms with van der Waals surface area (Å²) in [6.45, 7) is 2.19. The number of hydrogen-bond donors (Lipinski definition) is 0. The molecular formula is C46H39N. The van der Waals surface area contributed by atoms with Crippen LogP contribution in [-0.4, -0.2) is 0 Å². The highest BCUT2D eigenvalue weighted by Crippen LogP contribution is 2.59. The third-order valence-corrected chi connectivity index (χ3v) is 10.3. The van der Waals surface area contributed by atoms with Crippen molar-refractivity contribution in [1.82, 2.24) is 0 Å². The Hall–Kier alpha value is -5.40. The molecule has 0 fully saturated rings. The Morgan fingerprint density at radius 1 is 0.553 bits per heavy atom. The molecular weight excluding hydrogens is 567 g/mol. The molecule has 0 saturated carbocycles. The molecule has 0 aliphatic heterocycles. The fourth-order valence-corrected chi connectivity index (χ4v) is 7.95. The lowest BCUT2D eigenvalue weighted by atomic mass is 9.73. The van der Waals surface area contributed by atoms with E-state index in [4.69, 9.17) is 4.11 Å². The minimum atomic E-state index is -2.39. The molecule has 0 spiro atoms. The summed E-state index contributed by atoms with van der Waals surface area (Å²) in [5.41, 5.74) is 11.8. The predicted octanol–water partition coefficient (Wildman–Crippen LogP) is 13.0. The van der Waals surface area contributed by atoms with Crippen LogP contribution in [0.5, 0.6) is 0 Å². The Morgan fingerprint density at radius 3 is 1.89 bits per heavy atom.